The van der Waals surface area contributed by atoms with Gasteiger partial charge >= 0.3 is 0 Å². The van der Waals surface area contributed by atoms with Gasteiger partial charge in [-0.3, -0.25) is 14.5 Å². The second kappa shape index (κ2) is 4.85. The SMILES string of the molecule is C=CC=C1C(=C)C(=O)N(CC(O)CF)C1=O. The molecule has 86 valence electrons. The Balaban J connectivity index is 2.94. The second-order valence-electron chi connectivity index (χ2n) is 3.32. The third-order valence-corrected chi connectivity index (χ3v) is 2.16. The van der Waals surface area contributed by atoms with Crippen LogP contribution in [0.25, 0.3) is 0 Å². The Hall–Kier alpha value is -1.75. The van der Waals surface area contributed by atoms with Crippen molar-refractivity contribution in [1.29, 1.82) is 0 Å². The van der Waals surface area contributed by atoms with Crippen molar-refractivity contribution in [3.63, 3.8) is 0 Å². The number of hydrogen-bond acceptors (Lipinski definition) is 3. The molecule has 5 heteroatoms. The molecule has 4 nitrogen and oxygen atoms in total. The highest BCUT2D eigenvalue weighted by molar-refractivity contribution is 6.24. The van der Waals surface area contributed by atoms with Crippen molar-refractivity contribution in [3.8, 4) is 0 Å². The van der Waals surface area contributed by atoms with Crippen molar-refractivity contribution in [2.75, 3.05) is 13.2 Å². The Morgan fingerprint density at radius 3 is 2.56 bits per heavy atom. The minimum atomic E-state index is -1.36. The molecule has 2 amide bonds. The number of alkyl halides is 1. The van der Waals surface area contributed by atoms with Crippen molar-refractivity contribution < 1.29 is 19.1 Å². The van der Waals surface area contributed by atoms with Gasteiger partial charge in [-0.15, -0.1) is 0 Å². The van der Waals surface area contributed by atoms with Gasteiger partial charge in [0.2, 0.25) is 0 Å². The summed E-state index contributed by atoms with van der Waals surface area (Å²) >= 11 is 0. The van der Waals surface area contributed by atoms with E-state index in [0.29, 0.717) is 0 Å². The fourth-order valence-corrected chi connectivity index (χ4v) is 1.36. The number of halogens is 1. The molecule has 0 spiro atoms. The maximum Gasteiger partial charge on any atom is 0.261 e. The van der Waals surface area contributed by atoms with Gasteiger partial charge in [0.05, 0.1) is 12.1 Å². The van der Waals surface area contributed by atoms with Gasteiger partial charge in [-0.1, -0.05) is 19.2 Å². The minimum absolute atomic E-state index is 0.0379. The van der Waals surface area contributed by atoms with E-state index >= 15 is 0 Å². The maximum atomic E-state index is 12.1. The Bertz CT molecular complexity index is 387. The van der Waals surface area contributed by atoms with Crippen LogP contribution in [0.3, 0.4) is 0 Å². The number of likely N-dealkylation sites (tertiary alicyclic amines) is 1. The largest absolute Gasteiger partial charge is 0.389 e. The van der Waals surface area contributed by atoms with Gasteiger partial charge in [0.15, 0.2) is 0 Å². The van der Waals surface area contributed by atoms with E-state index in [4.69, 9.17) is 5.11 Å². The molecule has 1 heterocycles. The highest BCUT2D eigenvalue weighted by atomic mass is 19.1. The van der Waals surface area contributed by atoms with Crippen molar-refractivity contribution in [1.82, 2.24) is 4.90 Å². The van der Waals surface area contributed by atoms with Crippen LogP contribution in [-0.2, 0) is 9.59 Å². The number of amides is 2. The van der Waals surface area contributed by atoms with Gasteiger partial charge in [0.1, 0.15) is 12.8 Å². The second-order valence-corrected chi connectivity index (χ2v) is 3.32. The summed E-state index contributed by atoms with van der Waals surface area (Å²) < 4.78 is 12.1. The van der Waals surface area contributed by atoms with Gasteiger partial charge in [0, 0.05) is 5.57 Å². The van der Waals surface area contributed by atoms with Crippen molar-refractivity contribution in [2.24, 2.45) is 0 Å². The van der Waals surface area contributed by atoms with Crippen molar-refractivity contribution in [2.45, 2.75) is 6.10 Å². The lowest BCUT2D eigenvalue weighted by atomic mass is 10.1. The first kappa shape index (κ1) is 12.3. The lowest BCUT2D eigenvalue weighted by molar-refractivity contribution is -0.138. The number of aliphatic hydroxyl groups excluding tert-OH is 1. The summed E-state index contributed by atoms with van der Waals surface area (Å²) in [6.07, 6.45) is 1.37. The van der Waals surface area contributed by atoms with Crippen molar-refractivity contribution in [3.05, 3.63) is 36.5 Å². The molecule has 1 rings (SSSR count). The van der Waals surface area contributed by atoms with Crippen LogP contribution in [-0.4, -0.2) is 41.1 Å². The summed E-state index contributed by atoms with van der Waals surface area (Å²) in [5.74, 6) is -1.19. The Morgan fingerprint density at radius 1 is 1.44 bits per heavy atom. The van der Waals surface area contributed by atoms with Crippen LogP contribution in [0.2, 0.25) is 0 Å². The number of hydrogen-bond donors (Lipinski definition) is 1. The summed E-state index contributed by atoms with van der Waals surface area (Å²) in [7, 11) is 0. The number of nitrogens with zero attached hydrogens (tertiary/aromatic N) is 1. The number of rotatable bonds is 4. The third-order valence-electron chi connectivity index (χ3n) is 2.16. The molecule has 1 fully saturated rings. The quantitative estimate of drug-likeness (QED) is 0.555. The summed E-state index contributed by atoms with van der Waals surface area (Å²) in [5, 5.41) is 9.07. The van der Waals surface area contributed by atoms with Crippen LogP contribution in [0.1, 0.15) is 0 Å². The Kier molecular flexibility index (Phi) is 3.73. The molecule has 0 aromatic heterocycles. The maximum absolute atomic E-state index is 12.1. The molecule has 16 heavy (non-hydrogen) atoms. The first-order valence-electron chi connectivity index (χ1n) is 4.65. The fourth-order valence-electron chi connectivity index (χ4n) is 1.36. The summed E-state index contributed by atoms with van der Waals surface area (Å²) in [6, 6.07) is 0. The molecule has 1 aliphatic rings. The number of carbonyl (C=O) groups excluding carboxylic acids is 2. The van der Waals surface area contributed by atoms with Crippen LogP contribution in [0.15, 0.2) is 36.5 Å². The molecule has 0 aromatic carbocycles. The molecule has 0 radical (unpaired) electrons. The Labute approximate surface area is 92.4 Å². The zero-order valence-corrected chi connectivity index (χ0v) is 8.65. The van der Waals surface area contributed by atoms with Crippen LogP contribution in [0.5, 0.6) is 0 Å². The molecule has 0 aliphatic carbocycles. The van der Waals surface area contributed by atoms with E-state index in [1.54, 1.807) is 0 Å². The molecule has 0 aromatic rings. The average molecular weight is 225 g/mol. The van der Waals surface area contributed by atoms with E-state index in [9.17, 15) is 14.0 Å². The van der Waals surface area contributed by atoms with Gasteiger partial charge in [-0.25, -0.2) is 4.39 Å². The predicted octanol–water partition coefficient (Wildman–Crippen LogP) is 0.354. The summed E-state index contributed by atoms with van der Waals surface area (Å²) in [6.45, 7) is 5.51. The topological polar surface area (TPSA) is 57.6 Å². The summed E-state index contributed by atoms with van der Waals surface area (Å²) in [5.41, 5.74) is 0.169. The molecular weight excluding hydrogens is 213 g/mol. The number of β-amino-alcohol motifs (C(OH)–C–C–N with tert-alkyl or cyclic N) is 1. The minimum Gasteiger partial charge on any atom is -0.389 e. The molecule has 1 N–H and O–H groups in total. The first-order valence-corrected chi connectivity index (χ1v) is 4.65. The number of carbonyl (C=O) groups is 2. The van der Waals surface area contributed by atoms with Crippen LogP contribution in [0, 0.1) is 0 Å². The first-order chi connectivity index (χ1) is 7.52. The highest BCUT2D eigenvalue weighted by Crippen LogP contribution is 2.23. The van der Waals surface area contributed by atoms with Gasteiger partial charge in [-0.05, 0) is 6.08 Å². The molecule has 1 atom stereocenters. The molecule has 1 saturated heterocycles. The monoisotopic (exact) mass is 225 g/mol. The molecule has 0 bridgehead atoms. The average Bonchev–Trinajstić information content (AvgIpc) is 2.46. The molecule has 1 aliphatic heterocycles. The molecule has 1 unspecified atom stereocenters. The molecular formula is C11H12FNO3. The smallest absolute Gasteiger partial charge is 0.261 e. The number of aliphatic hydroxyl groups is 1. The lowest BCUT2D eigenvalue weighted by Crippen LogP contribution is -2.37. The predicted molar refractivity (Wildman–Crippen MR) is 56.1 cm³/mol. The zero-order valence-electron chi connectivity index (χ0n) is 8.65. The highest BCUT2D eigenvalue weighted by Gasteiger charge is 2.37. The normalized spacial score (nSPS) is 20.8. The summed E-state index contributed by atoms with van der Waals surface area (Å²) in [4.78, 5) is 24.0. The van der Waals surface area contributed by atoms with Gasteiger partial charge < -0.3 is 5.11 Å². The van der Waals surface area contributed by atoms with E-state index in [2.05, 4.69) is 13.2 Å². The van der Waals surface area contributed by atoms with Gasteiger partial charge in [-0.2, -0.15) is 0 Å². The van der Waals surface area contributed by atoms with E-state index in [-0.39, 0.29) is 17.7 Å². The van der Waals surface area contributed by atoms with Crippen molar-refractivity contribution >= 4 is 11.8 Å². The van der Waals surface area contributed by atoms with Gasteiger partial charge in [0.25, 0.3) is 11.8 Å². The van der Waals surface area contributed by atoms with E-state index in [1.165, 1.54) is 12.2 Å². The van der Waals surface area contributed by atoms with Crippen LogP contribution in [0.4, 0.5) is 4.39 Å². The zero-order chi connectivity index (χ0) is 12.3. The lowest BCUT2D eigenvalue weighted by Gasteiger charge is -2.15. The number of allylic oxidation sites excluding steroid dienone is 2. The van der Waals surface area contributed by atoms with E-state index < -0.39 is 24.6 Å². The van der Waals surface area contributed by atoms with Crippen LogP contribution < -0.4 is 0 Å². The van der Waals surface area contributed by atoms with E-state index in [0.717, 1.165) is 4.90 Å². The van der Waals surface area contributed by atoms with E-state index in [1.807, 2.05) is 0 Å². The third kappa shape index (κ3) is 2.09. The Morgan fingerprint density at radius 2 is 2.06 bits per heavy atom. The molecule has 0 saturated carbocycles. The fraction of sp³-hybridized carbons (Fsp3) is 0.273. The number of imide groups is 1. The van der Waals surface area contributed by atoms with Crippen LogP contribution >= 0.6 is 0 Å². The standard InChI is InChI=1S/C11H12FNO3/c1-3-4-9-7(2)10(15)13(11(9)16)6-8(14)5-12/h3-4,8,14H,1-2,5-6H2.